The Morgan fingerprint density at radius 2 is 2.33 bits per heavy atom. The van der Waals surface area contributed by atoms with Crippen LogP contribution in [0.5, 0.6) is 0 Å². The van der Waals surface area contributed by atoms with Crippen LogP contribution in [0.15, 0.2) is 18.6 Å². The van der Waals surface area contributed by atoms with E-state index in [1.807, 2.05) is 23.7 Å². The molecule has 0 aromatic carbocycles. The molecule has 12 heavy (non-hydrogen) atoms. The van der Waals surface area contributed by atoms with E-state index < -0.39 is 0 Å². The first-order chi connectivity index (χ1) is 5.79. The first kappa shape index (κ1) is 7.55. The van der Waals surface area contributed by atoms with Crippen LogP contribution < -0.4 is 0 Å². The van der Waals surface area contributed by atoms with E-state index in [1.54, 1.807) is 6.20 Å². The first-order valence-corrected chi connectivity index (χ1v) is 4.19. The molecular formula is C8H8ClN3. The average Bonchev–Trinajstić information content (AvgIpc) is 2.46. The lowest BCUT2D eigenvalue weighted by molar-refractivity contribution is 1.07. The summed E-state index contributed by atoms with van der Waals surface area (Å²) in [4.78, 5) is 8.37. The highest BCUT2D eigenvalue weighted by Gasteiger charge is 1.99. The Labute approximate surface area is 75.0 Å². The van der Waals surface area contributed by atoms with Gasteiger partial charge in [-0.15, -0.1) is 11.6 Å². The summed E-state index contributed by atoms with van der Waals surface area (Å²) in [5, 5.41) is 0. The van der Waals surface area contributed by atoms with Crippen molar-refractivity contribution < 1.29 is 0 Å². The van der Waals surface area contributed by atoms with Crippen molar-refractivity contribution in [2.45, 2.75) is 12.8 Å². The molecule has 0 saturated carbocycles. The standard InChI is InChI=1S/C8H8ClN3/c1-6-4-12-5-7(2-9)11-8(12)3-10-6/h3-5H,2H2,1H3. The summed E-state index contributed by atoms with van der Waals surface area (Å²) in [6.45, 7) is 1.94. The Bertz CT molecular complexity index is 408. The number of rotatable bonds is 1. The minimum absolute atomic E-state index is 0.445. The number of aromatic nitrogens is 3. The predicted molar refractivity (Wildman–Crippen MR) is 47.3 cm³/mol. The van der Waals surface area contributed by atoms with Crippen molar-refractivity contribution in [2.24, 2.45) is 0 Å². The molecule has 3 nitrogen and oxygen atoms in total. The fourth-order valence-electron chi connectivity index (χ4n) is 1.12. The number of hydrogen-bond acceptors (Lipinski definition) is 2. The lowest BCUT2D eigenvalue weighted by atomic mass is 10.5. The highest BCUT2D eigenvalue weighted by atomic mass is 35.5. The predicted octanol–water partition coefficient (Wildman–Crippen LogP) is 1.78. The number of aryl methyl sites for hydroxylation is 1. The number of nitrogens with zero attached hydrogens (tertiary/aromatic N) is 3. The van der Waals surface area contributed by atoms with E-state index in [2.05, 4.69) is 9.97 Å². The third kappa shape index (κ3) is 1.16. The van der Waals surface area contributed by atoms with Gasteiger partial charge >= 0.3 is 0 Å². The highest BCUT2D eigenvalue weighted by molar-refractivity contribution is 6.16. The molecule has 0 unspecified atom stereocenters. The molecular weight excluding hydrogens is 174 g/mol. The Morgan fingerprint density at radius 1 is 1.50 bits per heavy atom. The zero-order valence-electron chi connectivity index (χ0n) is 6.66. The lowest BCUT2D eigenvalue weighted by Gasteiger charge is -1.92. The van der Waals surface area contributed by atoms with Gasteiger partial charge in [-0.1, -0.05) is 0 Å². The summed E-state index contributed by atoms with van der Waals surface area (Å²) >= 11 is 5.64. The van der Waals surface area contributed by atoms with E-state index >= 15 is 0 Å². The fraction of sp³-hybridized carbons (Fsp3) is 0.250. The average molecular weight is 182 g/mol. The number of alkyl halides is 1. The molecule has 0 bridgehead atoms. The van der Waals surface area contributed by atoms with Crippen LogP contribution in [0.3, 0.4) is 0 Å². The molecule has 0 fully saturated rings. The molecule has 0 N–H and O–H groups in total. The maximum absolute atomic E-state index is 5.64. The number of hydrogen-bond donors (Lipinski definition) is 0. The number of imidazole rings is 1. The molecule has 0 saturated heterocycles. The zero-order valence-corrected chi connectivity index (χ0v) is 7.41. The molecule has 0 atom stereocenters. The minimum atomic E-state index is 0.445. The van der Waals surface area contributed by atoms with E-state index in [0.717, 1.165) is 17.0 Å². The maximum atomic E-state index is 5.64. The molecule has 0 aliphatic heterocycles. The van der Waals surface area contributed by atoms with Gasteiger partial charge in [-0.3, -0.25) is 4.98 Å². The molecule has 0 radical (unpaired) electrons. The smallest absolute Gasteiger partial charge is 0.155 e. The van der Waals surface area contributed by atoms with Gasteiger partial charge in [-0.05, 0) is 6.92 Å². The van der Waals surface area contributed by atoms with E-state index in [-0.39, 0.29) is 0 Å². The van der Waals surface area contributed by atoms with Crippen molar-refractivity contribution in [1.29, 1.82) is 0 Å². The fourth-order valence-corrected chi connectivity index (χ4v) is 1.25. The third-order valence-corrected chi connectivity index (χ3v) is 1.93. The van der Waals surface area contributed by atoms with Crippen LogP contribution in [0.4, 0.5) is 0 Å². The van der Waals surface area contributed by atoms with Gasteiger partial charge in [-0.25, -0.2) is 4.98 Å². The van der Waals surface area contributed by atoms with E-state index in [1.165, 1.54) is 0 Å². The second kappa shape index (κ2) is 2.75. The van der Waals surface area contributed by atoms with E-state index in [0.29, 0.717) is 5.88 Å². The molecule has 0 amide bonds. The van der Waals surface area contributed by atoms with Crippen molar-refractivity contribution in [2.75, 3.05) is 0 Å². The third-order valence-electron chi connectivity index (χ3n) is 1.66. The molecule has 2 rings (SSSR count). The highest BCUT2D eigenvalue weighted by Crippen LogP contribution is 2.06. The Balaban J connectivity index is 2.67. The summed E-state index contributed by atoms with van der Waals surface area (Å²) in [5.74, 6) is 0.445. The van der Waals surface area contributed by atoms with Gasteiger partial charge in [0.05, 0.1) is 23.5 Å². The van der Waals surface area contributed by atoms with Crippen LogP contribution in [0, 0.1) is 6.92 Å². The maximum Gasteiger partial charge on any atom is 0.155 e. The Morgan fingerprint density at radius 3 is 3.08 bits per heavy atom. The molecule has 2 aromatic rings. The second-order valence-electron chi connectivity index (χ2n) is 2.66. The topological polar surface area (TPSA) is 30.2 Å². The molecule has 4 heteroatoms. The van der Waals surface area contributed by atoms with Gasteiger partial charge in [-0.2, -0.15) is 0 Å². The molecule has 62 valence electrons. The molecule has 2 heterocycles. The largest absolute Gasteiger partial charge is 0.304 e. The van der Waals surface area contributed by atoms with Gasteiger partial charge in [0, 0.05) is 12.4 Å². The molecule has 2 aromatic heterocycles. The first-order valence-electron chi connectivity index (χ1n) is 3.66. The van der Waals surface area contributed by atoms with Crippen molar-refractivity contribution in [1.82, 2.24) is 14.4 Å². The summed E-state index contributed by atoms with van der Waals surface area (Å²) < 4.78 is 1.93. The van der Waals surface area contributed by atoms with E-state index in [9.17, 15) is 0 Å². The van der Waals surface area contributed by atoms with Crippen LogP contribution in [-0.4, -0.2) is 14.4 Å². The van der Waals surface area contributed by atoms with Crippen LogP contribution in [0.25, 0.3) is 5.65 Å². The van der Waals surface area contributed by atoms with Crippen molar-refractivity contribution in [3.05, 3.63) is 30.0 Å². The summed E-state index contributed by atoms with van der Waals surface area (Å²) in [6, 6.07) is 0. The Hall–Kier alpha value is -1.09. The second-order valence-corrected chi connectivity index (χ2v) is 2.93. The van der Waals surface area contributed by atoms with Crippen LogP contribution in [-0.2, 0) is 5.88 Å². The number of fused-ring (bicyclic) bond motifs is 1. The van der Waals surface area contributed by atoms with Gasteiger partial charge in [0.25, 0.3) is 0 Å². The lowest BCUT2D eigenvalue weighted by Crippen LogP contribution is -1.87. The van der Waals surface area contributed by atoms with Crippen LogP contribution in [0.1, 0.15) is 11.4 Å². The number of halogens is 1. The van der Waals surface area contributed by atoms with Crippen LogP contribution >= 0.6 is 11.6 Å². The normalized spacial score (nSPS) is 10.8. The van der Waals surface area contributed by atoms with Crippen molar-refractivity contribution in [3.63, 3.8) is 0 Å². The van der Waals surface area contributed by atoms with Gasteiger partial charge < -0.3 is 4.40 Å². The van der Waals surface area contributed by atoms with Crippen molar-refractivity contribution in [3.8, 4) is 0 Å². The zero-order chi connectivity index (χ0) is 8.55. The summed E-state index contributed by atoms with van der Waals surface area (Å²) in [7, 11) is 0. The van der Waals surface area contributed by atoms with Gasteiger partial charge in [0.1, 0.15) is 0 Å². The monoisotopic (exact) mass is 181 g/mol. The summed E-state index contributed by atoms with van der Waals surface area (Å²) in [6.07, 6.45) is 5.58. The minimum Gasteiger partial charge on any atom is -0.304 e. The quantitative estimate of drug-likeness (QED) is 0.628. The summed E-state index contributed by atoms with van der Waals surface area (Å²) in [5.41, 5.74) is 2.70. The molecule has 0 spiro atoms. The Kier molecular flexibility index (Phi) is 1.73. The van der Waals surface area contributed by atoms with Gasteiger partial charge in [0.2, 0.25) is 0 Å². The van der Waals surface area contributed by atoms with Crippen LogP contribution in [0.2, 0.25) is 0 Å². The molecule has 0 aliphatic rings. The molecule has 0 aliphatic carbocycles. The van der Waals surface area contributed by atoms with Gasteiger partial charge in [0.15, 0.2) is 5.65 Å². The SMILES string of the molecule is Cc1cn2cc(CCl)nc2cn1. The van der Waals surface area contributed by atoms with Crippen molar-refractivity contribution >= 4 is 17.2 Å². The van der Waals surface area contributed by atoms with E-state index in [4.69, 9.17) is 11.6 Å².